The van der Waals surface area contributed by atoms with Crippen molar-refractivity contribution < 1.29 is 9.72 Å². The fraction of sp³-hybridized carbons (Fsp3) is 0.583. The Morgan fingerprint density at radius 3 is 2.67 bits per heavy atom. The Bertz CT molecular complexity index is 508. The molecule has 0 saturated heterocycles. The number of aromatic nitrogens is 2. The van der Waals surface area contributed by atoms with E-state index in [1.165, 1.54) is 6.33 Å². The predicted molar refractivity (Wildman–Crippen MR) is 79.2 cm³/mol. The van der Waals surface area contributed by atoms with Crippen LogP contribution in [0.2, 0.25) is 0 Å². The topological polar surface area (TPSA) is 122 Å². The van der Waals surface area contributed by atoms with E-state index in [1.54, 1.807) is 7.05 Å². The Kier molecular flexibility index (Phi) is 6.31. The Balaban J connectivity index is 2.64. The number of hydrogen-bond donors (Lipinski definition) is 3. The molecule has 0 aliphatic heterocycles. The van der Waals surface area contributed by atoms with E-state index < -0.39 is 4.92 Å². The minimum atomic E-state index is -0.562. The number of amides is 1. The van der Waals surface area contributed by atoms with E-state index in [1.807, 2.05) is 13.8 Å². The lowest BCUT2D eigenvalue weighted by molar-refractivity contribution is -0.383. The Hall–Kier alpha value is -2.45. The van der Waals surface area contributed by atoms with Crippen molar-refractivity contribution in [3.05, 3.63) is 16.4 Å². The van der Waals surface area contributed by atoms with Crippen LogP contribution >= 0.6 is 0 Å². The lowest BCUT2D eigenvalue weighted by Gasteiger charge is -2.12. The van der Waals surface area contributed by atoms with Crippen molar-refractivity contribution in [3.8, 4) is 0 Å². The molecule has 1 rings (SSSR count). The van der Waals surface area contributed by atoms with Gasteiger partial charge in [-0.25, -0.2) is 9.97 Å². The second-order valence-electron chi connectivity index (χ2n) is 4.48. The van der Waals surface area contributed by atoms with Gasteiger partial charge >= 0.3 is 5.69 Å². The summed E-state index contributed by atoms with van der Waals surface area (Å²) in [7, 11) is 1.54. The zero-order valence-electron chi connectivity index (χ0n) is 12.3. The minimum absolute atomic E-state index is 0.0932. The van der Waals surface area contributed by atoms with Crippen LogP contribution in [0.3, 0.4) is 0 Å². The van der Waals surface area contributed by atoms with Gasteiger partial charge in [-0.1, -0.05) is 6.92 Å². The van der Waals surface area contributed by atoms with Crippen LogP contribution in [0.4, 0.5) is 17.3 Å². The summed E-state index contributed by atoms with van der Waals surface area (Å²) in [5.41, 5.74) is -0.234. The molecule has 1 aromatic heterocycles. The number of nitrogens with one attached hydrogen (secondary N) is 3. The van der Waals surface area contributed by atoms with E-state index in [-0.39, 0.29) is 42.2 Å². The van der Waals surface area contributed by atoms with Crippen LogP contribution in [0.15, 0.2) is 6.33 Å². The highest BCUT2D eigenvalue weighted by atomic mass is 16.6. The van der Waals surface area contributed by atoms with Crippen LogP contribution < -0.4 is 16.0 Å². The molecule has 116 valence electrons. The summed E-state index contributed by atoms with van der Waals surface area (Å²) in [6.45, 7) is 4.15. The molecule has 1 amide bonds. The summed E-state index contributed by atoms with van der Waals surface area (Å²) in [4.78, 5) is 29.7. The molecule has 0 saturated carbocycles. The summed E-state index contributed by atoms with van der Waals surface area (Å²) in [5, 5.41) is 19.3. The molecule has 0 aliphatic rings. The lowest BCUT2D eigenvalue weighted by atomic mass is 10.2. The molecule has 0 spiro atoms. The van der Waals surface area contributed by atoms with E-state index in [0.29, 0.717) is 0 Å². The highest BCUT2D eigenvalue weighted by molar-refractivity contribution is 5.77. The summed E-state index contributed by atoms with van der Waals surface area (Å²) < 4.78 is 0. The summed E-state index contributed by atoms with van der Waals surface area (Å²) in [6.07, 6.45) is 2.28. The zero-order chi connectivity index (χ0) is 15.8. The van der Waals surface area contributed by atoms with Crippen molar-refractivity contribution in [3.63, 3.8) is 0 Å². The third kappa shape index (κ3) is 4.86. The fourth-order valence-electron chi connectivity index (χ4n) is 1.61. The van der Waals surface area contributed by atoms with E-state index in [2.05, 4.69) is 25.9 Å². The SMILES string of the molecule is CCC(C)NC(=O)CCNc1ncnc(NC)c1[N+](=O)[O-]. The van der Waals surface area contributed by atoms with Crippen LogP contribution in [0.5, 0.6) is 0 Å². The number of carbonyl (C=O) groups excluding carboxylic acids is 1. The average Bonchev–Trinajstić information content (AvgIpc) is 2.46. The highest BCUT2D eigenvalue weighted by Crippen LogP contribution is 2.28. The minimum Gasteiger partial charge on any atom is -0.367 e. The quantitative estimate of drug-likeness (QED) is 0.485. The highest BCUT2D eigenvalue weighted by Gasteiger charge is 2.21. The number of nitrogens with zero attached hydrogens (tertiary/aromatic N) is 3. The number of carbonyl (C=O) groups is 1. The standard InChI is InChI=1S/C12H20N6O3/c1-4-8(2)17-9(19)5-6-14-12-10(18(20)21)11(13-3)15-7-16-12/h7-8H,4-6H2,1-3H3,(H,17,19)(H2,13,14,15,16). The Morgan fingerprint density at radius 2 is 2.10 bits per heavy atom. The van der Waals surface area contributed by atoms with Crippen molar-refractivity contribution in [1.82, 2.24) is 15.3 Å². The maximum absolute atomic E-state index is 11.6. The average molecular weight is 296 g/mol. The van der Waals surface area contributed by atoms with Gasteiger partial charge in [0.15, 0.2) is 0 Å². The molecule has 1 atom stereocenters. The Morgan fingerprint density at radius 1 is 1.43 bits per heavy atom. The molecule has 0 radical (unpaired) electrons. The first kappa shape index (κ1) is 16.6. The molecular weight excluding hydrogens is 276 g/mol. The molecule has 0 aliphatic carbocycles. The monoisotopic (exact) mass is 296 g/mol. The number of anilines is 2. The van der Waals surface area contributed by atoms with Crippen molar-refractivity contribution in [1.29, 1.82) is 0 Å². The van der Waals surface area contributed by atoms with Gasteiger partial charge in [-0.15, -0.1) is 0 Å². The number of hydrogen-bond acceptors (Lipinski definition) is 7. The van der Waals surface area contributed by atoms with Crippen LogP contribution in [-0.2, 0) is 4.79 Å². The first-order chi connectivity index (χ1) is 9.99. The van der Waals surface area contributed by atoms with Gasteiger partial charge in [-0.2, -0.15) is 0 Å². The van der Waals surface area contributed by atoms with E-state index in [0.717, 1.165) is 6.42 Å². The van der Waals surface area contributed by atoms with Crippen LogP contribution in [0, 0.1) is 10.1 Å². The summed E-state index contributed by atoms with van der Waals surface area (Å²) >= 11 is 0. The van der Waals surface area contributed by atoms with E-state index in [4.69, 9.17) is 0 Å². The molecule has 0 bridgehead atoms. The van der Waals surface area contributed by atoms with Crippen molar-refractivity contribution in [2.24, 2.45) is 0 Å². The first-order valence-corrected chi connectivity index (χ1v) is 6.69. The van der Waals surface area contributed by atoms with Crippen molar-refractivity contribution in [2.45, 2.75) is 32.7 Å². The molecule has 0 aromatic carbocycles. The second kappa shape index (κ2) is 7.98. The van der Waals surface area contributed by atoms with Gasteiger partial charge < -0.3 is 16.0 Å². The van der Waals surface area contributed by atoms with Gasteiger partial charge in [0.05, 0.1) is 4.92 Å². The first-order valence-electron chi connectivity index (χ1n) is 6.69. The molecule has 9 heteroatoms. The lowest BCUT2D eigenvalue weighted by Crippen LogP contribution is -2.33. The third-order valence-corrected chi connectivity index (χ3v) is 2.91. The number of rotatable bonds is 8. The molecule has 3 N–H and O–H groups in total. The van der Waals surface area contributed by atoms with Gasteiger partial charge in [0.25, 0.3) is 0 Å². The zero-order valence-corrected chi connectivity index (χ0v) is 12.3. The molecule has 1 aromatic rings. The smallest absolute Gasteiger partial charge is 0.353 e. The molecule has 1 heterocycles. The van der Waals surface area contributed by atoms with Gasteiger partial charge in [0.2, 0.25) is 17.5 Å². The fourth-order valence-corrected chi connectivity index (χ4v) is 1.61. The van der Waals surface area contributed by atoms with Gasteiger partial charge in [-0.3, -0.25) is 14.9 Å². The predicted octanol–water partition coefficient (Wildman–Crippen LogP) is 1.14. The van der Waals surface area contributed by atoms with Gasteiger partial charge in [0, 0.05) is 26.1 Å². The molecule has 1 unspecified atom stereocenters. The molecule has 9 nitrogen and oxygen atoms in total. The van der Waals surface area contributed by atoms with E-state index >= 15 is 0 Å². The maximum Gasteiger partial charge on any atom is 0.353 e. The molecule has 21 heavy (non-hydrogen) atoms. The third-order valence-electron chi connectivity index (χ3n) is 2.91. The van der Waals surface area contributed by atoms with E-state index in [9.17, 15) is 14.9 Å². The van der Waals surface area contributed by atoms with Gasteiger partial charge in [-0.05, 0) is 13.3 Å². The van der Waals surface area contributed by atoms with Crippen molar-refractivity contribution >= 4 is 23.2 Å². The second-order valence-corrected chi connectivity index (χ2v) is 4.48. The largest absolute Gasteiger partial charge is 0.367 e. The van der Waals surface area contributed by atoms with Crippen LogP contribution in [0.1, 0.15) is 26.7 Å². The van der Waals surface area contributed by atoms with Crippen molar-refractivity contribution in [2.75, 3.05) is 24.2 Å². The molecule has 0 fully saturated rings. The number of nitro groups is 1. The summed E-state index contributed by atoms with van der Waals surface area (Å²) in [5.74, 6) is 0.111. The normalized spacial score (nSPS) is 11.6. The Labute approximate surface area is 122 Å². The summed E-state index contributed by atoms with van der Waals surface area (Å²) in [6, 6.07) is 0.113. The van der Waals surface area contributed by atoms with Crippen LogP contribution in [0.25, 0.3) is 0 Å². The maximum atomic E-state index is 11.6. The van der Waals surface area contributed by atoms with Gasteiger partial charge in [0.1, 0.15) is 6.33 Å². The van der Waals surface area contributed by atoms with Crippen LogP contribution in [-0.4, -0.2) is 40.4 Å². The molecular formula is C12H20N6O3.